The number of halogens is 6. The maximum atomic E-state index is 13.9. The largest absolute Gasteiger partial charge is 0.361 e. The first-order chi connectivity index (χ1) is 17.6. The summed E-state index contributed by atoms with van der Waals surface area (Å²) in [4.78, 5) is 28.7. The van der Waals surface area contributed by atoms with E-state index in [1.807, 2.05) is 0 Å². The highest BCUT2D eigenvalue weighted by Crippen LogP contribution is 2.25. The number of carbonyl (C=O) groups is 2. The van der Waals surface area contributed by atoms with Gasteiger partial charge in [-0.1, -0.05) is 0 Å². The van der Waals surface area contributed by atoms with E-state index in [-0.39, 0.29) is 19.4 Å². The molecule has 1 aliphatic rings. The van der Waals surface area contributed by atoms with Crippen LogP contribution in [0.25, 0.3) is 17.0 Å². The van der Waals surface area contributed by atoms with Crippen molar-refractivity contribution in [2.24, 2.45) is 0 Å². The lowest BCUT2D eigenvalue weighted by Crippen LogP contribution is -2.62. The van der Waals surface area contributed by atoms with Crippen LogP contribution < -0.4 is 16.0 Å². The number of H-pyrrole nitrogens is 1. The second kappa shape index (κ2) is 10.7. The summed E-state index contributed by atoms with van der Waals surface area (Å²) in [7, 11) is 0. The Kier molecular flexibility index (Phi) is 7.58. The zero-order valence-electron chi connectivity index (χ0n) is 19.3. The average Bonchev–Trinajstić information content (AvgIpc) is 3.28. The number of amides is 2. The average molecular weight is 524 g/mol. The van der Waals surface area contributed by atoms with E-state index < -0.39 is 57.8 Å². The van der Waals surface area contributed by atoms with Crippen molar-refractivity contribution in [1.82, 2.24) is 20.9 Å². The Morgan fingerprint density at radius 3 is 2.27 bits per heavy atom. The molecule has 196 valence electrons. The number of rotatable bonds is 7. The van der Waals surface area contributed by atoms with Crippen molar-refractivity contribution in [2.75, 3.05) is 19.6 Å². The smallest absolute Gasteiger partial charge is 0.245 e. The van der Waals surface area contributed by atoms with Crippen LogP contribution in [0, 0.1) is 34.9 Å². The number of fused-ring (bicyclic) bond motifs is 1. The third-order valence-electron chi connectivity index (χ3n) is 6.31. The highest BCUT2D eigenvalue weighted by atomic mass is 19.2. The van der Waals surface area contributed by atoms with Gasteiger partial charge in [-0.2, -0.15) is 0 Å². The summed E-state index contributed by atoms with van der Waals surface area (Å²) in [6.45, 7) is 0.946. The number of nitrogens with one attached hydrogen (secondary N) is 4. The summed E-state index contributed by atoms with van der Waals surface area (Å²) in [6.07, 6.45) is 3.54. The van der Waals surface area contributed by atoms with E-state index in [1.165, 1.54) is 12.1 Å². The minimum Gasteiger partial charge on any atom is -0.361 e. The number of benzene rings is 2. The van der Waals surface area contributed by atoms with Crippen molar-refractivity contribution in [3.8, 4) is 0 Å². The molecule has 0 unspecified atom stereocenters. The van der Waals surface area contributed by atoms with Crippen LogP contribution in [-0.4, -0.2) is 42.0 Å². The van der Waals surface area contributed by atoms with E-state index in [1.54, 1.807) is 12.3 Å². The lowest BCUT2D eigenvalue weighted by atomic mass is 9.87. The molecule has 4 rings (SSSR count). The van der Waals surface area contributed by atoms with E-state index in [9.17, 15) is 35.9 Å². The van der Waals surface area contributed by atoms with Gasteiger partial charge in [0.25, 0.3) is 0 Å². The molecular weight excluding hydrogens is 502 g/mol. The number of aromatic nitrogens is 1. The first kappa shape index (κ1) is 26.3. The first-order valence-electron chi connectivity index (χ1n) is 11.4. The molecule has 0 radical (unpaired) electrons. The van der Waals surface area contributed by atoms with Gasteiger partial charge >= 0.3 is 0 Å². The van der Waals surface area contributed by atoms with E-state index >= 15 is 0 Å². The molecule has 4 N–H and O–H groups in total. The van der Waals surface area contributed by atoms with E-state index in [2.05, 4.69) is 20.9 Å². The van der Waals surface area contributed by atoms with Crippen LogP contribution in [0.2, 0.25) is 0 Å². The summed E-state index contributed by atoms with van der Waals surface area (Å²) >= 11 is 0. The van der Waals surface area contributed by atoms with Crippen LogP contribution >= 0.6 is 0 Å². The van der Waals surface area contributed by atoms with Gasteiger partial charge in [0.1, 0.15) is 11.4 Å². The van der Waals surface area contributed by atoms with Crippen molar-refractivity contribution in [3.63, 3.8) is 0 Å². The van der Waals surface area contributed by atoms with Crippen molar-refractivity contribution >= 4 is 28.8 Å². The molecule has 37 heavy (non-hydrogen) atoms. The zero-order chi connectivity index (χ0) is 26.7. The van der Waals surface area contributed by atoms with Crippen LogP contribution in [0.4, 0.5) is 26.3 Å². The molecule has 0 spiro atoms. The van der Waals surface area contributed by atoms with E-state index in [0.717, 1.165) is 11.1 Å². The molecule has 1 aromatic heterocycles. The van der Waals surface area contributed by atoms with Gasteiger partial charge in [-0.15, -0.1) is 0 Å². The quantitative estimate of drug-likeness (QED) is 0.165. The predicted octanol–water partition coefficient (Wildman–Crippen LogP) is 3.61. The van der Waals surface area contributed by atoms with Crippen molar-refractivity contribution in [3.05, 3.63) is 76.5 Å². The highest BCUT2D eigenvalue weighted by molar-refractivity contribution is 5.97. The summed E-state index contributed by atoms with van der Waals surface area (Å²) in [6, 6.07) is 4.31. The zero-order valence-corrected chi connectivity index (χ0v) is 19.3. The van der Waals surface area contributed by atoms with Gasteiger partial charge in [-0.3, -0.25) is 9.59 Å². The number of piperidine rings is 1. The molecule has 2 aromatic carbocycles. The molecule has 12 heteroatoms. The Bertz CT molecular complexity index is 1350. The van der Waals surface area contributed by atoms with Gasteiger partial charge in [0.05, 0.1) is 5.56 Å². The van der Waals surface area contributed by atoms with Crippen molar-refractivity contribution < 1.29 is 35.9 Å². The van der Waals surface area contributed by atoms with Gasteiger partial charge in [0.2, 0.25) is 17.6 Å². The van der Waals surface area contributed by atoms with Crippen LogP contribution in [0.1, 0.15) is 24.0 Å². The number of carbonyl (C=O) groups excluding carboxylic acids is 2. The minimum atomic E-state index is -2.31. The van der Waals surface area contributed by atoms with Gasteiger partial charge in [-0.25, -0.2) is 26.3 Å². The molecular formula is C25H22F6N4O2. The van der Waals surface area contributed by atoms with Crippen LogP contribution in [0.5, 0.6) is 0 Å². The minimum absolute atomic E-state index is 0.174. The molecule has 1 aliphatic heterocycles. The highest BCUT2D eigenvalue weighted by Gasteiger charge is 2.40. The Morgan fingerprint density at radius 1 is 0.946 bits per heavy atom. The molecule has 3 aromatic rings. The second-order valence-corrected chi connectivity index (χ2v) is 8.65. The van der Waals surface area contributed by atoms with Crippen LogP contribution in [0.15, 0.2) is 30.5 Å². The predicted molar refractivity (Wildman–Crippen MR) is 123 cm³/mol. The summed E-state index contributed by atoms with van der Waals surface area (Å²) in [5.41, 5.74) is -1.12. The topological polar surface area (TPSA) is 86.0 Å². The summed E-state index contributed by atoms with van der Waals surface area (Å²) < 4.78 is 81.4. The molecule has 6 nitrogen and oxygen atoms in total. The van der Waals surface area contributed by atoms with Crippen molar-refractivity contribution in [1.29, 1.82) is 0 Å². The van der Waals surface area contributed by atoms with E-state index in [4.69, 9.17) is 0 Å². The lowest BCUT2D eigenvalue weighted by molar-refractivity contribution is -0.133. The molecule has 2 amide bonds. The SMILES string of the molecule is O=C(/C=C/c1c(F)c(F)c(F)c(F)c1F)NC1(C(=O)NCCc2c[nH]c3ccc(F)cc23)CCNCC1. The summed E-state index contributed by atoms with van der Waals surface area (Å²) in [5.74, 6) is -12.6. The number of hydrogen-bond donors (Lipinski definition) is 4. The molecule has 0 bridgehead atoms. The monoisotopic (exact) mass is 524 g/mol. The van der Waals surface area contributed by atoms with Gasteiger partial charge in [-0.05, 0) is 62.2 Å². The Balaban J connectivity index is 1.45. The summed E-state index contributed by atoms with van der Waals surface area (Å²) in [5, 5.41) is 9.01. The van der Waals surface area contributed by atoms with Gasteiger partial charge < -0.3 is 20.9 Å². The van der Waals surface area contributed by atoms with Crippen LogP contribution in [0.3, 0.4) is 0 Å². The molecule has 1 fully saturated rings. The van der Waals surface area contributed by atoms with Crippen LogP contribution in [-0.2, 0) is 16.0 Å². The Labute approximate surface area is 207 Å². The third-order valence-corrected chi connectivity index (χ3v) is 6.31. The fraction of sp³-hybridized carbons (Fsp3) is 0.280. The first-order valence-corrected chi connectivity index (χ1v) is 11.4. The number of hydrogen-bond acceptors (Lipinski definition) is 3. The number of aromatic amines is 1. The second-order valence-electron chi connectivity index (χ2n) is 8.65. The third kappa shape index (κ3) is 5.33. The molecule has 0 saturated carbocycles. The standard InChI is InChI=1S/C25H22F6N4O2/c26-14-1-3-17-16(11-14)13(12-34-17)5-8-33-24(37)25(6-9-32-10-7-25)35-18(36)4-2-15-19(27)21(29)23(31)22(30)20(15)28/h1-4,11-12,32,34H,5-10H2,(H,33,37)(H,35,36)/b4-2+. The molecule has 0 aliphatic carbocycles. The van der Waals surface area contributed by atoms with Gasteiger partial charge in [0.15, 0.2) is 23.3 Å². The van der Waals surface area contributed by atoms with Crippen molar-refractivity contribution in [2.45, 2.75) is 24.8 Å². The molecule has 1 saturated heterocycles. The lowest BCUT2D eigenvalue weighted by Gasteiger charge is -2.36. The maximum Gasteiger partial charge on any atom is 0.245 e. The molecule has 2 heterocycles. The maximum absolute atomic E-state index is 13.9. The molecule has 0 atom stereocenters. The van der Waals surface area contributed by atoms with Gasteiger partial charge in [0, 0.05) is 29.7 Å². The Morgan fingerprint density at radius 2 is 1.59 bits per heavy atom. The normalized spacial score (nSPS) is 15.3. The van der Waals surface area contributed by atoms with E-state index in [0.29, 0.717) is 37.0 Å². The Hall–Kier alpha value is -3.80. The fourth-order valence-electron chi connectivity index (χ4n) is 4.30. The fourth-order valence-corrected chi connectivity index (χ4v) is 4.30.